The number of hydrogen-bond donors (Lipinski definition) is 1. The van der Waals surface area contributed by atoms with Crippen LogP contribution in [0, 0.1) is 0 Å². The fourth-order valence-electron chi connectivity index (χ4n) is 1.77. The Morgan fingerprint density at radius 3 is 2.42 bits per heavy atom. The molecule has 1 atom stereocenters. The van der Waals surface area contributed by atoms with Gasteiger partial charge in [-0.2, -0.15) is 12.6 Å². The molecule has 0 aliphatic rings. The van der Waals surface area contributed by atoms with Crippen LogP contribution in [0.15, 0.2) is 48.5 Å². The molecule has 1 unspecified atom stereocenters. The highest BCUT2D eigenvalue weighted by atomic mass is 35.5. The second-order valence-electron chi connectivity index (χ2n) is 4.15. The summed E-state index contributed by atoms with van der Waals surface area (Å²) in [5.41, 5.74) is 1.20. The fraction of sp³-hybridized carbons (Fsp3) is 0.200. The van der Waals surface area contributed by atoms with Gasteiger partial charge in [-0.1, -0.05) is 59.6 Å². The number of benzene rings is 2. The largest absolute Gasteiger partial charge is 0.491 e. The van der Waals surface area contributed by atoms with E-state index >= 15 is 0 Å². The molecule has 2 aromatic carbocycles. The average molecular weight is 313 g/mol. The van der Waals surface area contributed by atoms with Gasteiger partial charge in [0.05, 0.1) is 11.6 Å². The standard InChI is InChI=1S/C15H14Cl2OS/c16-13-7-4-8-14(15(13)17)18-9-12(10-19)11-5-2-1-3-6-11/h1-8,12,19H,9-10H2. The summed E-state index contributed by atoms with van der Waals surface area (Å²) in [7, 11) is 0. The number of hydrogen-bond acceptors (Lipinski definition) is 2. The van der Waals surface area contributed by atoms with Crippen LogP contribution in [0.2, 0.25) is 10.0 Å². The number of rotatable bonds is 5. The summed E-state index contributed by atoms with van der Waals surface area (Å²) in [6.07, 6.45) is 0. The quantitative estimate of drug-likeness (QED) is 0.757. The third kappa shape index (κ3) is 3.82. The molecule has 1 nitrogen and oxygen atoms in total. The van der Waals surface area contributed by atoms with Crippen LogP contribution in [-0.4, -0.2) is 12.4 Å². The van der Waals surface area contributed by atoms with Gasteiger partial charge in [0.25, 0.3) is 0 Å². The first-order valence-electron chi connectivity index (χ1n) is 5.95. The van der Waals surface area contributed by atoms with Crippen molar-refractivity contribution >= 4 is 35.8 Å². The monoisotopic (exact) mass is 312 g/mol. The molecule has 100 valence electrons. The molecule has 0 bridgehead atoms. The van der Waals surface area contributed by atoms with Gasteiger partial charge in [-0.15, -0.1) is 0 Å². The van der Waals surface area contributed by atoms with Crippen molar-refractivity contribution in [2.24, 2.45) is 0 Å². The van der Waals surface area contributed by atoms with Crippen LogP contribution in [0.3, 0.4) is 0 Å². The lowest BCUT2D eigenvalue weighted by atomic mass is 10.0. The van der Waals surface area contributed by atoms with E-state index in [0.717, 1.165) is 0 Å². The van der Waals surface area contributed by atoms with Crippen LogP contribution >= 0.6 is 35.8 Å². The first-order valence-corrected chi connectivity index (χ1v) is 7.34. The maximum Gasteiger partial charge on any atom is 0.139 e. The molecule has 0 heterocycles. The first-order chi connectivity index (χ1) is 9.22. The number of halogens is 2. The van der Waals surface area contributed by atoms with E-state index in [0.29, 0.717) is 28.2 Å². The van der Waals surface area contributed by atoms with Crippen molar-refractivity contribution in [3.05, 3.63) is 64.1 Å². The van der Waals surface area contributed by atoms with E-state index in [2.05, 4.69) is 24.8 Å². The van der Waals surface area contributed by atoms with Gasteiger partial charge in [-0.25, -0.2) is 0 Å². The minimum absolute atomic E-state index is 0.222. The second-order valence-corrected chi connectivity index (χ2v) is 5.30. The van der Waals surface area contributed by atoms with Crippen molar-refractivity contribution in [3.8, 4) is 5.75 Å². The van der Waals surface area contributed by atoms with E-state index in [9.17, 15) is 0 Å². The van der Waals surface area contributed by atoms with E-state index < -0.39 is 0 Å². The molecule has 0 aromatic heterocycles. The van der Waals surface area contributed by atoms with Crippen molar-refractivity contribution in [2.75, 3.05) is 12.4 Å². The first kappa shape index (κ1) is 14.6. The minimum Gasteiger partial charge on any atom is -0.491 e. The Kier molecular flexibility index (Phi) is 5.44. The zero-order chi connectivity index (χ0) is 13.7. The second kappa shape index (κ2) is 7.09. The smallest absolute Gasteiger partial charge is 0.139 e. The Balaban J connectivity index is 2.06. The third-order valence-electron chi connectivity index (χ3n) is 2.85. The van der Waals surface area contributed by atoms with Crippen LogP contribution in [0.4, 0.5) is 0 Å². The normalized spacial score (nSPS) is 12.2. The molecule has 0 radical (unpaired) electrons. The topological polar surface area (TPSA) is 9.23 Å². The van der Waals surface area contributed by atoms with Gasteiger partial charge >= 0.3 is 0 Å². The molecular formula is C15H14Cl2OS. The number of thiol groups is 1. The highest BCUT2D eigenvalue weighted by molar-refractivity contribution is 7.80. The summed E-state index contributed by atoms with van der Waals surface area (Å²) in [4.78, 5) is 0. The van der Waals surface area contributed by atoms with Crippen molar-refractivity contribution in [3.63, 3.8) is 0 Å². The maximum absolute atomic E-state index is 6.09. The van der Waals surface area contributed by atoms with Crippen molar-refractivity contribution < 1.29 is 4.74 Å². The molecule has 0 fully saturated rings. The molecule has 0 amide bonds. The van der Waals surface area contributed by atoms with Gasteiger partial charge in [0.15, 0.2) is 0 Å². The van der Waals surface area contributed by atoms with Crippen molar-refractivity contribution in [1.82, 2.24) is 0 Å². The molecule has 0 spiro atoms. The van der Waals surface area contributed by atoms with Gasteiger partial charge in [0.2, 0.25) is 0 Å². The Hall–Kier alpha value is -0.830. The summed E-state index contributed by atoms with van der Waals surface area (Å²) >= 11 is 16.4. The minimum atomic E-state index is 0.222. The highest BCUT2D eigenvalue weighted by Gasteiger charge is 2.12. The lowest BCUT2D eigenvalue weighted by Gasteiger charge is -2.16. The Morgan fingerprint density at radius 2 is 1.74 bits per heavy atom. The van der Waals surface area contributed by atoms with E-state index in [-0.39, 0.29) is 5.92 Å². The molecule has 4 heteroatoms. The van der Waals surface area contributed by atoms with Crippen LogP contribution < -0.4 is 4.74 Å². The van der Waals surface area contributed by atoms with Gasteiger partial charge in [-0.3, -0.25) is 0 Å². The van der Waals surface area contributed by atoms with Gasteiger partial charge in [-0.05, 0) is 17.7 Å². The summed E-state index contributed by atoms with van der Waals surface area (Å²) in [5.74, 6) is 1.54. The molecule has 0 N–H and O–H groups in total. The van der Waals surface area contributed by atoms with Crippen LogP contribution in [0.25, 0.3) is 0 Å². The van der Waals surface area contributed by atoms with Gasteiger partial charge in [0, 0.05) is 11.7 Å². The van der Waals surface area contributed by atoms with Gasteiger partial charge < -0.3 is 4.74 Å². The van der Waals surface area contributed by atoms with Crippen molar-refractivity contribution in [2.45, 2.75) is 5.92 Å². The number of ether oxygens (including phenoxy) is 1. The lowest BCUT2D eigenvalue weighted by Crippen LogP contribution is -2.12. The molecule has 0 aliphatic carbocycles. The van der Waals surface area contributed by atoms with Crippen LogP contribution in [0.1, 0.15) is 11.5 Å². The SMILES string of the molecule is SCC(COc1cccc(Cl)c1Cl)c1ccccc1. The maximum atomic E-state index is 6.09. The Bertz CT molecular complexity index is 531. The lowest BCUT2D eigenvalue weighted by molar-refractivity contribution is 0.298. The Morgan fingerprint density at radius 1 is 1.00 bits per heavy atom. The summed E-state index contributed by atoms with van der Waals surface area (Å²) < 4.78 is 5.76. The molecule has 2 aromatic rings. The third-order valence-corrected chi connectivity index (χ3v) is 4.09. The van der Waals surface area contributed by atoms with E-state index in [1.165, 1.54) is 5.56 Å². The predicted octanol–water partition coefficient (Wildman–Crippen LogP) is 5.09. The average Bonchev–Trinajstić information content (AvgIpc) is 2.45. The molecule has 19 heavy (non-hydrogen) atoms. The van der Waals surface area contributed by atoms with Crippen molar-refractivity contribution in [1.29, 1.82) is 0 Å². The Labute approximate surface area is 128 Å². The molecule has 2 rings (SSSR count). The zero-order valence-corrected chi connectivity index (χ0v) is 12.6. The van der Waals surface area contributed by atoms with E-state index in [1.54, 1.807) is 6.07 Å². The summed E-state index contributed by atoms with van der Waals surface area (Å²) in [5, 5.41) is 0.955. The van der Waals surface area contributed by atoms with Gasteiger partial charge in [0.1, 0.15) is 10.8 Å². The van der Waals surface area contributed by atoms with E-state index in [1.807, 2.05) is 30.3 Å². The zero-order valence-electron chi connectivity index (χ0n) is 10.2. The molecule has 0 saturated carbocycles. The molecular weight excluding hydrogens is 299 g/mol. The molecule has 0 saturated heterocycles. The molecule has 0 aliphatic heterocycles. The summed E-state index contributed by atoms with van der Waals surface area (Å²) in [6.45, 7) is 0.521. The van der Waals surface area contributed by atoms with Crippen LogP contribution in [0.5, 0.6) is 5.75 Å². The summed E-state index contributed by atoms with van der Waals surface area (Å²) in [6, 6.07) is 15.5. The van der Waals surface area contributed by atoms with Crippen LogP contribution in [-0.2, 0) is 0 Å². The fourth-order valence-corrected chi connectivity index (χ4v) is 2.43. The predicted molar refractivity (Wildman–Crippen MR) is 85.0 cm³/mol. The highest BCUT2D eigenvalue weighted by Crippen LogP contribution is 2.32. The van der Waals surface area contributed by atoms with E-state index in [4.69, 9.17) is 27.9 Å².